The molecule has 7 nitrogen and oxygen atoms in total. The van der Waals surface area contributed by atoms with E-state index in [1.165, 1.54) is 0 Å². The fourth-order valence-electron chi connectivity index (χ4n) is 2.59. The number of para-hydroxylation sites is 1. The average molecular weight is 364 g/mol. The SMILES string of the molecule is Cc1nccn1CCCNC(=O)c1ccc(COc2ccccc2C#N)o1. The van der Waals surface area contributed by atoms with Crippen molar-refractivity contribution in [2.75, 3.05) is 6.54 Å². The van der Waals surface area contributed by atoms with E-state index >= 15 is 0 Å². The summed E-state index contributed by atoms with van der Waals surface area (Å²) in [4.78, 5) is 16.3. The zero-order chi connectivity index (χ0) is 19.1. The summed E-state index contributed by atoms with van der Waals surface area (Å²) in [5.41, 5.74) is 0.454. The van der Waals surface area contributed by atoms with Crippen LogP contribution in [0.4, 0.5) is 0 Å². The summed E-state index contributed by atoms with van der Waals surface area (Å²) in [6, 6.07) is 12.3. The first-order valence-corrected chi connectivity index (χ1v) is 8.64. The summed E-state index contributed by atoms with van der Waals surface area (Å²) in [7, 11) is 0. The summed E-state index contributed by atoms with van der Waals surface area (Å²) in [6.07, 6.45) is 4.47. The molecular weight excluding hydrogens is 344 g/mol. The van der Waals surface area contributed by atoms with Gasteiger partial charge in [-0.3, -0.25) is 4.79 Å². The third-order valence-corrected chi connectivity index (χ3v) is 4.05. The Bertz CT molecular complexity index is 952. The van der Waals surface area contributed by atoms with E-state index in [-0.39, 0.29) is 18.3 Å². The van der Waals surface area contributed by atoms with Crippen molar-refractivity contribution in [2.24, 2.45) is 0 Å². The van der Waals surface area contributed by atoms with Crippen LogP contribution in [0.25, 0.3) is 0 Å². The van der Waals surface area contributed by atoms with Gasteiger partial charge in [0.2, 0.25) is 0 Å². The van der Waals surface area contributed by atoms with Gasteiger partial charge in [0.15, 0.2) is 5.76 Å². The lowest BCUT2D eigenvalue weighted by Gasteiger charge is -2.06. The maximum Gasteiger partial charge on any atom is 0.286 e. The number of nitrogens with zero attached hydrogens (tertiary/aromatic N) is 3. The maximum atomic E-state index is 12.2. The van der Waals surface area contributed by atoms with Crippen molar-refractivity contribution < 1.29 is 13.9 Å². The number of carbonyl (C=O) groups is 1. The van der Waals surface area contributed by atoms with E-state index in [0.29, 0.717) is 23.6 Å². The second kappa shape index (κ2) is 8.72. The number of amides is 1. The number of benzene rings is 1. The van der Waals surface area contributed by atoms with Gasteiger partial charge in [0.1, 0.15) is 30.0 Å². The van der Waals surface area contributed by atoms with Crippen LogP contribution in [-0.4, -0.2) is 22.0 Å². The molecule has 1 N–H and O–H groups in total. The Balaban J connectivity index is 1.46. The highest BCUT2D eigenvalue weighted by molar-refractivity contribution is 5.91. The predicted octanol–water partition coefficient (Wildman–Crippen LogP) is 3.06. The Labute approximate surface area is 157 Å². The number of furan rings is 1. The molecule has 0 bridgehead atoms. The number of aryl methyl sites for hydroxylation is 2. The van der Waals surface area contributed by atoms with E-state index in [2.05, 4.69) is 16.4 Å². The van der Waals surface area contributed by atoms with Crippen molar-refractivity contribution in [3.8, 4) is 11.8 Å². The lowest BCUT2D eigenvalue weighted by atomic mass is 10.2. The highest BCUT2D eigenvalue weighted by Crippen LogP contribution is 2.19. The minimum absolute atomic E-state index is 0.145. The molecule has 0 saturated heterocycles. The number of nitriles is 1. The molecule has 0 radical (unpaired) electrons. The van der Waals surface area contributed by atoms with E-state index < -0.39 is 0 Å². The van der Waals surface area contributed by atoms with Crippen molar-refractivity contribution in [2.45, 2.75) is 26.5 Å². The summed E-state index contributed by atoms with van der Waals surface area (Å²) >= 11 is 0. The van der Waals surface area contributed by atoms with E-state index in [4.69, 9.17) is 14.4 Å². The molecule has 3 rings (SSSR count). The fourth-order valence-corrected chi connectivity index (χ4v) is 2.59. The third kappa shape index (κ3) is 4.76. The predicted molar refractivity (Wildman–Crippen MR) is 98.1 cm³/mol. The zero-order valence-electron chi connectivity index (χ0n) is 15.0. The molecule has 7 heteroatoms. The molecule has 3 aromatic rings. The van der Waals surface area contributed by atoms with Gasteiger partial charge >= 0.3 is 0 Å². The molecule has 0 atom stereocenters. The summed E-state index contributed by atoms with van der Waals surface area (Å²) in [5.74, 6) is 1.93. The molecule has 0 fully saturated rings. The first kappa shape index (κ1) is 18.3. The van der Waals surface area contributed by atoms with Crippen LogP contribution in [0, 0.1) is 18.3 Å². The number of rotatable bonds is 8. The normalized spacial score (nSPS) is 10.4. The molecule has 27 heavy (non-hydrogen) atoms. The molecule has 1 amide bonds. The quantitative estimate of drug-likeness (QED) is 0.620. The highest BCUT2D eigenvalue weighted by Gasteiger charge is 2.11. The Morgan fingerprint density at radius 1 is 1.33 bits per heavy atom. The van der Waals surface area contributed by atoms with Crippen LogP contribution in [-0.2, 0) is 13.2 Å². The summed E-state index contributed by atoms with van der Waals surface area (Å²) < 4.78 is 13.2. The molecule has 2 heterocycles. The molecule has 2 aromatic heterocycles. The average Bonchev–Trinajstić information content (AvgIpc) is 3.33. The second-order valence-electron chi connectivity index (χ2n) is 5.94. The summed E-state index contributed by atoms with van der Waals surface area (Å²) in [5, 5.41) is 11.9. The number of nitrogens with one attached hydrogen (secondary N) is 1. The monoisotopic (exact) mass is 364 g/mol. The molecule has 0 aliphatic carbocycles. The van der Waals surface area contributed by atoms with Gasteiger partial charge in [-0.2, -0.15) is 5.26 Å². The lowest BCUT2D eigenvalue weighted by molar-refractivity contribution is 0.0921. The topological polar surface area (TPSA) is 93.1 Å². The molecule has 1 aromatic carbocycles. The van der Waals surface area contributed by atoms with Crippen LogP contribution < -0.4 is 10.1 Å². The molecular formula is C20H20N4O3. The fraction of sp³-hybridized carbons (Fsp3) is 0.250. The van der Waals surface area contributed by atoms with Crippen LogP contribution in [0.5, 0.6) is 5.75 Å². The Kier molecular flexibility index (Phi) is 5.90. The number of hydrogen-bond acceptors (Lipinski definition) is 5. The van der Waals surface area contributed by atoms with E-state index in [1.54, 1.807) is 42.6 Å². The second-order valence-corrected chi connectivity index (χ2v) is 5.94. The van der Waals surface area contributed by atoms with Gasteiger partial charge in [0.05, 0.1) is 5.56 Å². The lowest BCUT2D eigenvalue weighted by Crippen LogP contribution is -2.24. The van der Waals surface area contributed by atoms with Crippen LogP contribution in [0.1, 0.15) is 34.1 Å². The zero-order valence-corrected chi connectivity index (χ0v) is 15.0. The first-order chi connectivity index (χ1) is 13.2. The largest absolute Gasteiger partial charge is 0.484 e. The molecule has 0 saturated carbocycles. The van der Waals surface area contributed by atoms with Gasteiger partial charge in [0, 0.05) is 25.5 Å². The molecule has 0 unspecified atom stereocenters. The number of carbonyl (C=O) groups excluding carboxylic acids is 1. The van der Waals surface area contributed by atoms with Crippen molar-refractivity contribution in [3.63, 3.8) is 0 Å². The van der Waals surface area contributed by atoms with Crippen molar-refractivity contribution in [1.29, 1.82) is 5.26 Å². The first-order valence-electron chi connectivity index (χ1n) is 8.64. The van der Waals surface area contributed by atoms with E-state index in [0.717, 1.165) is 18.8 Å². The van der Waals surface area contributed by atoms with Crippen LogP contribution in [0.2, 0.25) is 0 Å². The number of aromatic nitrogens is 2. The van der Waals surface area contributed by atoms with Crippen LogP contribution in [0.15, 0.2) is 53.2 Å². The number of ether oxygens (including phenoxy) is 1. The van der Waals surface area contributed by atoms with Gasteiger partial charge in [-0.05, 0) is 37.6 Å². The Morgan fingerprint density at radius 2 is 2.19 bits per heavy atom. The minimum Gasteiger partial charge on any atom is -0.484 e. The molecule has 0 aliphatic heterocycles. The van der Waals surface area contributed by atoms with Gasteiger partial charge in [-0.1, -0.05) is 12.1 Å². The van der Waals surface area contributed by atoms with E-state index in [1.807, 2.05) is 17.7 Å². The van der Waals surface area contributed by atoms with Gasteiger partial charge in [0.25, 0.3) is 5.91 Å². The smallest absolute Gasteiger partial charge is 0.286 e. The highest BCUT2D eigenvalue weighted by atomic mass is 16.5. The Hall–Kier alpha value is -3.53. The maximum absolute atomic E-state index is 12.2. The van der Waals surface area contributed by atoms with Crippen molar-refractivity contribution in [1.82, 2.24) is 14.9 Å². The van der Waals surface area contributed by atoms with Crippen molar-refractivity contribution >= 4 is 5.91 Å². The van der Waals surface area contributed by atoms with E-state index in [9.17, 15) is 4.79 Å². The molecule has 0 spiro atoms. The van der Waals surface area contributed by atoms with Gasteiger partial charge < -0.3 is 19.0 Å². The number of imidazole rings is 1. The van der Waals surface area contributed by atoms with Crippen LogP contribution >= 0.6 is 0 Å². The number of hydrogen-bond donors (Lipinski definition) is 1. The van der Waals surface area contributed by atoms with Gasteiger partial charge in [-0.25, -0.2) is 4.98 Å². The summed E-state index contributed by atoms with van der Waals surface area (Å²) in [6.45, 7) is 3.42. The van der Waals surface area contributed by atoms with Gasteiger partial charge in [-0.15, -0.1) is 0 Å². The third-order valence-electron chi connectivity index (χ3n) is 4.05. The van der Waals surface area contributed by atoms with Crippen molar-refractivity contribution in [3.05, 3.63) is 71.7 Å². The standard InChI is InChI=1S/C20H20N4O3/c1-15-22-10-12-24(15)11-4-9-23-20(25)19-8-7-17(27-19)14-26-18-6-3-2-5-16(18)13-21/h2-3,5-8,10,12H,4,9,11,14H2,1H3,(H,23,25). The molecule has 0 aliphatic rings. The molecule has 138 valence electrons. The Morgan fingerprint density at radius 3 is 2.96 bits per heavy atom. The van der Waals surface area contributed by atoms with Crippen LogP contribution in [0.3, 0.4) is 0 Å². The minimum atomic E-state index is -0.263.